The minimum Gasteiger partial charge on any atom is -0.464 e. The number of amides is 2. The van der Waals surface area contributed by atoms with Crippen molar-refractivity contribution < 1.29 is 18.7 Å². The van der Waals surface area contributed by atoms with E-state index in [0.29, 0.717) is 39.9 Å². The molecule has 4 rings (SSSR count). The van der Waals surface area contributed by atoms with Crippen molar-refractivity contribution in [2.45, 2.75) is 19.5 Å². The van der Waals surface area contributed by atoms with Crippen molar-refractivity contribution in [3.05, 3.63) is 77.2 Å². The summed E-state index contributed by atoms with van der Waals surface area (Å²) in [6, 6.07) is 16.4. The summed E-state index contributed by atoms with van der Waals surface area (Å²) in [5.74, 6) is 0.173. The molecule has 2 aromatic carbocycles. The molecule has 0 radical (unpaired) electrons. The third-order valence-electron chi connectivity index (χ3n) is 5.22. The van der Waals surface area contributed by atoms with Gasteiger partial charge in [0, 0.05) is 24.4 Å². The normalized spacial score (nSPS) is 12.0. The van der Waals surface area contributed by atoms with E-state index in [4.69, 9.17) is 20.8 Å². The predicted octanol–water partition coefficient (Wildman–Crippen LogP) is 3.52. The number of hydrogen-bond acceptors (Lipinski definition) is 6. The molecule has 0 saturated carbocycles. The van der Waals surface area contributed by atoms with Crippen LogP contribution in [0.4, 0.5) is 5.69 Å². The van der Waals surface area contributed by atoms with Gasteiger partial charge in [0.1, 0.15) is 23.6 Å². The number of anilines is 1. The number of halogens is 1. The van der Waals surface area contributed by atoms with Crippen molar-refractivity contribution in [2.75, 3.05) is 25.2 Å². The number of nitrogens with one attached hydrogen (secondary N) is 1. The number of furan rings is 1. The highest BCUT2D eigenvalue weighted by atomic mass is 35.5. The van der Waals surface area contributed by atoms with Gasteiger partial charge in [0.05, 0.1) is 12.1 Å². The molecule has 0 spiro atoms. The standard InChI is InChI=1S/C24H24ClN5O4/c1-16-7-12-21(34-16)23(24(32)26-13-14-33-2)30(18-10-8-17(25)9-11-18)22(31)15-29-20-6-4-3-5-19(20)27-28-29/h3-12,23H,13-15H2,1-2H3,(H,26,32)/t23-/m1/s1. The number of aryl methyl sites for hydroxylation is 1. The molecule has 0 unspecified atom stereocenters. The summed E-state index contributed by atoms with van der Waals surface area (Å²) in [5.41, 5.74) is 1.87. The van der Waals surface area contributed by atoms with Gasteiger partial charge >= 0.3 is 0 Å². The van der Waals surface area contributed by atoms with Gasteiger partial charge in [0.15, 0.2) is 6.04 Å². The number of fused-ring (bicyclic) bond motifs is 1. The number of para-hydroxylation sites is 1. The lowest BCUT2D eigenvalue weighted by atomic mass is 10.1. The Labute approximate surface area is 201 Å². The summed E-state index contributed by atoms with van der Waals surface area (Å²) >= 11 is 6.09. The molecule has 0 aliphatic rings. The van der Waals surface area contributed by atoms with Crippen molar-refractivity contribution in [3.63, 3.8) is 0 Å². The Morgan fingerprint density at radius 3 is 2.62 bits per heavy atom. The maximum atomic E-state index is 13.8. The molecule has 1 N–H and O–H groups in total. The lowest BCUT2D eigenvalue weighted by Gasteiger charge is -2.30. The molecule has 34 heavy (non-hydrogen) atoms. The van der Waals surface area contributed by atoms with Crippen molar-refractivity contribution in [1.29, 1.82) is 0 Å². The minimum atomic E-state index is -1.06. The minimum absolute atomic E-state index is 0.134. The highest BCUT2D eigenvalue weighted by molar-refractivity contribution is 6.30. The first kappa shape index (κ1) is 23.5. The lowest BCUT2D eigenvalue weighted by Crippen LogP contribution is -2.45. The molecular weight excluding hydrogens is 458 g/mol. The molecule has 9 nitrogen and oxygen atoms in total. The number of carbonyl (C=O) groups is 2. The molecule has 0 aliphatic heterocycles. The van der Waals surface area contributed by atoms with Gasteiger partial charge in [-0.1, -0.05) is 28.9 Å². The van der Waals surface area contributed by atoms with Gasteiger partial charge in [-0.05, 0) is 55.5 Å². The van der Waals surface area contributed by atoms with Gasteiger partial charge < -0.3 is 14.5 Å². The second-order valence-electron chi connectivity index (χ2n) is 7.61. The van der Waals surface area contributed by atoms with Gasteiger partial charge in [-0.3, -0.25) is 14.5 Å². The molecule has 1 atom stereocenters. The van der Waals surface area contributed by atoms with E-state index in [0.717, 1.165) is 0 Å². The second-order valence-corrected chi connectivity index (χ2v) is 8.05. The van der Waals surface area contributed by atoms with Crippen LogP contribution in [0.3, 0.4) is 0 Å². The number of rotatable bonds is 9. The number of nitrogens with zero attached hydrogens (tertiary/aromatic N) is 4. The molecule has 2 amide bonds. The van der Waals surface area contributed by atoms with Crippen LogP contribution in [0.15, 0.2) is 65.1 Å². The Kier molecular flexibility index (Phi) is 7.24. The molecule has 4 aromatic rings. The predicted molar refractivity (Wildman–Crippen MR) is 128 cm³/mol. The average molecular weight is 482 g/mol. The van der Waals surface area contributed by atoms with E-state index in [1.165, 1.54) is 9.58 Å². The zero-order valence-corrected chi connectivity index (χ0v) is 19.5. The van der Waals surface area contributed by atoms with Crippen LogP contribution in [0.5, 0.6) is 0 Å². The maximum absolute atomic E-state index is 13.8. The van der Waals surface area contributed by atoms with Gasteiger partial charge in [-0.25, -0.2) is 4.68 Å². The average Bonchev–Trinajstić information content (AvgIpc) is 3.44. The van der Waals surface area contributed by atoms with Crippen molar-refractivity contribution in [3.8, 4) is 0 Å². The molecule has 0 aliphatic carbocycles. The monoisotopic (exact) mass is 481 g/mol. The summed E-state index contributed by atoms with van der Waals surface area (Å²) in [4.78, 5) is 28.5. The van der Waals surface area contributed by atoms with Crippen LogP contribution in [0.2, 0.25) is 5.02 Å². The Balaban J connectivity index is 1.75. The first-order chi connectivity index (χ1) is 16.5. The molecule has 2 aromatic heterocycles. The Morgan fingerprint density at radius 1 is 1.15 bits per heavy atom. The topological polar surface area (TPSA) is 102 Å². The molecule has 176 valence electrons. The van der Waals surface area contributed by atoms with E-state index in [1.807, 2.05) is 24.3 Å². The SMILES string of the molecule is COCCNC(=O)[C@@H](c1ccc(C)o1)N(C(=O)Cn1nnc2ccccc21)c1ccc(Cl)cc1. The van der Waals surface area contributed by atoms with E-state index in [-0.39, 0.29) is 19.0 Å². The van der Waals surface area contributed by atoms with E-state index in [1.54, 1.807) is 50.4 Å². The molecule has 2 heterocycles. The number of carbonyl (C=O) groups excluding carboxylic acids is 2. The number of aromatic nitrogens is 3. The van der Waals surface area contributed by atoms with E-state index >= 15 is 0 Å². The van der Waals surface area contributed by atoms with Gasteiger partial charge in [-0.15, -0.1) is 5.10 Å². The van der Waals surface area contributed by atoms with E-state index in [9.17, 15) is 9.59 Å². The number of ether oxygens (including phenoxy) is 1. The summed E-state index contributed by atoms with van der Waals surface area (Å²) in [7, 11) is 1.55. The number of benzene rings is 2. The molecule has 0 bridgehead atoms. The number of hydrogen-bond donors (Lipinski definition) is 1. The number of methoxy groups -OCH3 is 1. The van der Waals surface area contributed by atoms with Crippen LogP contribution in [0.25, 0.3) is 11.0 Å². The fourth-order valence-corrected chi connectivity index (χ4v) is 3.75. The molecule has 10 heteroatoms. The Hall–Kier alpha value is -3.69. The summed E-state index contributed by atoms with van der Waals surface area (Å²) in [6.07, 6.45) is 0. The Morgan fingerprint density at radius 2 is 1.91 bits per heavy atom. The largest absolute Gasteiger partial charge is 0.464 e. The highest BCUT2D eigenvalue weighted by Gasteiger charge is 2.35. The highest BCUT2D eigenvalue weighted by Crippen LogP contribution is 2.30. The van der Waals surface area contributed by atoms with Crippen LogP contribution < -0.4 is 10.2 Å². The third-order valence-corrected chi connectivity index (χ3v) is 5.47. The van der Waals surface area contributed by atoms with Gasteiger partial charge in [0.2, 0.25) is 5.91 Å². The van der Waals surface area contributed by atoms with Gasteiger partial charge in [-0.2, -0.15) is 0 Å². The van der Waals surface area contributed by atoms with Crippen LogP contribution in [0.1, 0.15) is 17.6 Å². The molecule has 0 fully saturated rings. The summed E-state index contributed by atoms with van der Waals surface area (Å²) in [6.45, 7) is 2.25. The fraction of sp³-hybridized carbons (Fsp3) is 0.250. The van der Waals surface area contributed by atoms with Crippen molar-refractivity contribution in [1.82, 2.24) is 20.3 Å². The fourth-order valence-electron chi connectivity index (χ4n) is 3.62. The van der Waals surface area contributed by atoms with Crippen molar-refractivity contribution in [2.24, 2.45) is 0 Å². The second kappa shape index (κ2) is 10.5. The zero-order valence-electron chi connectivity index (χ0n) is 18.8. The van der Waals surface area contributed by atoms with Crippen LogP contribution >= 0.6 is 11.6 Å². The Bertz CT molecular complexity index is 1280. The first-order valence-corrected chi connectivity index (χ1v) is 11.0. The van der Waals surface area contributed by atoms with Gasteiger partial charge in [0.25, 0.3) is 5.91 Å². The molecule has 0 saturated heterocycles. The van der Waals surface area contributed by atoms with Crippen molar-refractivity contribution >= 4 is 40.1 Å². The lowest BCUT2D eigenvalue weighted by molar-refractivity contribution is -0.127. The van der Waals surface area contributed by atoms with Crippen LogP contribution in [-0.2, 0) is 20.9 Å². The smallest absolute Gasteiger partial charge is 0.251 e. The zero-order chi connectivity index (χ0) is 24.1. The quantitative estimate of drug-likeness (QED) is 0.367. The van der Waals surface area contributed by atoms with Crippen LogP contribution in [-0.4, -0.2) is 47.1 Å². The summed E-state index contributed by atoms with van der Waals surface area (Å²) in [5, 5.41) is 11.6. The summed E-state index contributed by atoms with van der Waals surface area (Å²) < 4.78 is 12.4. The van der Waals surface area contributed by atoms with E-state index in [2.05, 4.69) is 15.6 Å². The third kappa shape index (κ3) is 5.11. The van der Waals surface area contributed by atoms with E-state index < -0.39 is 11.9 Å². The maximum Gasteiger partial charge on any atom is 0.251 e. The molecular formula is C24H24ClN5O4. The first-order valence-electron chi connectivity index (χ1n) is 10.7. The van der Waals surface area contributed by atoms with Crippen LogP contribution in [0, 0.1) is 6.92 Å².